The van der Waals surface area contributed by atoms with Gasteiger partial charge in [0.1, 0.15) is 0 Å². The first-order chi connectivity index (χ1) is 12.6. The van der Waals surface area contributed by atoms with E-state index >= 15 is 0 Å². The summed E-state index contributed by atoms with van der Waals surface area (Å²) in [5, 5.41) is 0.899. The first-order valence-electron chi connectivity index (χ1n) is 8.40. The second-order valence-corrected chi connectivity index (χ2v) is 7.09. The van der Waals surface area contributed by atoms with E-state index < -0.39 is 0 Å². The number of aryl methyl sites for hydroxylation is 1. The maximum absolute atomic E-state index is 12.1. The van der Waals surface area contributed by atoms with E-state index in [0.29, 0.717) is 13.0 Å². The van der Waals surface area contributed by atoms with E-state index in [-0.39, 0.29) is 24.9 Å². The Hall–Kier alpha value is -2.73. The number of carbonyl (C=O) groups excluding carboxylic acids is 2. The summed E-state index contributed by atoms with van der Waals surface area (Å²) in [7, 11) is 1.70. The van der Waals surface area contributed by atoms with Crippen molar-refractivity contribution in [3.05, 3.63) is 65.2 Å². The zero-order valence-corrected chi connectivity index (χ0v) is 15.4. The number of ether oxygens (including phenoxy) is 1. The van der Waals surface area contributed by atoms with Crippen molar-refractivity contribution in [1.82, 2.24) is 9.88 Å². The second-order valence-electron chi connectivity index (χ2n) is 5.97. The number of carbonyl (C=O) groups is 2. The van der Waals surface area contributed by atoms with Gasteiger partial charge in [-0.3, -0.25) is 9.59 Å². The fourth-order valence-corrected chi connectivity index (χ4v) is 3.47. The molecule has 3 aromatic rings. The smallest absolute Gasteiger partial charge is 0.306 e. The number of rotatable bonds is 7. The van der Waals surface area contributed by atoms with E-state index in [9.17, 15) is 9.59 Å². The van der Waals surface area contributed by atoms with Gasteiger partial charge in [0, 0.05) is 20.0 Å². The van der Waals surface area contributed by atoms with Gasteiger partial charge in [-0.25, -0.2) is 4.98 Å². The lowest BCUT2D eigenvalue weighted by Crippen LogP contribution is -2.30. The number of fused-ring (bicyclic) bond motifs is 1. The van der Waals surface area contributed by atoms with Gasteiger partial charge in [0.05, 0.1) is 21.6 Å². The highest BCUT2D eigenvalue weighted by atomic mass is 32.1. The number of thiazole rings is 1. The van der Waals surface area contributed by atoms with Gasteiger partial charge >= 0.3 is 5.97 Å². The molecule has 26 heavy (non-hydrogen) atoms. The van der Waals surface area contributed by atoms with Gasteiger partial charge in [0.15, 0.2) is 6.61 Å². The quantitative estimate of drug-likeness (QED) is 0.600. The normalized spacial score (nSPS) is 10.7. The van der Waals surface area contributed by atoms with Crippen molar-refractivity contribution in [1.29, 1.82) is 0 Å². The molecule has 0 spiro atoms. The van der Waals surface area contributed by atoms with Crippen molar-refractivity contribution in [2.45, 2.75) is 19.4 Å². The van der Waals surface area contributed by atoms with E-state index in [1.54, 1.807) is 23.3 Å². The van der Waals surface area contributed by atoms with Crippen LogP contribution in [0.2, 0.25) is 0 Å². The molecule has 0 fully saturated rings. The Labute approximate surface area is 156 Å². The van der Waals surface area contributed by atoms with Crippen LogP contribution in [0.1, 0.15) is 17.0 Å². The van der Waals surface area contributed by atoms with Crippen molar-refractivity contribution in [2.24, 2.45) is 0 Å². The summed E-state index contributed by atoms with van der Waals surface area (Å²) >= 11 is 1.58. The predicted molar refractivity (Wildman–Crippen MR) is 102 cm³/mol. The average molecular weight is 368 g/mol. The molecule has 0 unspecified atom stereocenters. The molecule has 0 radical (unpaired) electrons. The largest absolute Gasteiger partial charge is 0.456 e. The standard InChI is InChI=1S/C20H20N2O3S/c1-22(13-15-7-3-2-4-8-15)19(23)14-25-20(24)12-11-18-21-16-9-5-6-10-17(16)26-18/h2-10H,11-14H2,1H3. The molecule has 5 nitrogen and oxygen atoms in total. The van der Waals surface area contributed by atoms with Crippen LogP contribution in [0, 0.1) is 0 Å². The molecule has 0 aliphatic rings. The summed E-state index contributed by atoms with van der Waals surface area (Å²) in [6.07, 6.45) is 0.738. The van der Waals surface area contributed by atoms with Crippen LogP contribution in [0.3, 0.4) is 0 Å². The first kappa shape index (κ1) is 18.1. The highest BCUT2D eigenvalue weighted by Crippen LogP contribution is 2.22. The fourth-order valence-electron chi connectivity index (χ4n) is 2.51. The summed E-state index contributed by atoms with van der Waals surface area (Å²) < 4.78 is 6.21. The van der Waals surface area contributed by atoms with Crippen LogP contribution in [0.15, 0.2) is 54.6 Å². The lowest BCUT2D eigenvalue weighted by atomic mass is 10.2. The minimum atomic E-state index is -0.384. The summed E-state index contributed by atoms with van der Waals surface area (Å²) in [4.78, 5) is 30.0. The van der Waals surface area contributed by atoms with Crippen LogP contribution in [0.25, 0.3) is 10.2 Å². The van der Waals surface area contributed by atoms with Crippen LogP contribution < -0.4 is 0 Å². The van der Waals surface area contributed by atoms with Gasteiger partial charge < -0.3 is 9.64 Å². The Morgan fingerprint density at radius 2 is 1.81 bits per heavy atom. The molecule has 0 atom stereocenters. The maximum Gasteiger partial charge on any atom is 0.306 e. The molecule has 134 valence electrons. The van der Waals surface area contributed by atoms with Crippen molar-refractivity contribution >= 4 is 33.4 Å². The van der Waals surface area contributed by atoms with Gasteiger partial charge in [0.25, 0.3) is 5.91 Å². The number of hydrogen-bond acceptors (Lipinski definition) is 5. The van der Waals surface area contributed by atoms with Crippen LogP contribution >= 0.6 is 11.3 Å². The van der Waals surface area contributed by atoms with Crippen LogP contribution in [-0.2, 0) is 27.3 Å². The summed E-state index contributed by atoms with van der Waals surface area (Å²) in [5.41, 5.74) is 1.98. The fraction of sp³-hybridized carbons (Fsp3) is 0.250. The third-order valence-corrected chi connectivity index (χ3v) is 5.02. The Morgan fingerprint density at radius 1 is 1.08 bits per heavy atom. The SMILES string of the molecule is CN(Cc1ccccc1)C(=O)COC(=O)CCc1nc2ccccc2s1. The molecule has 0 saturated heterocycles. The highest BCUT2D eigenvalue weighted by Gasteiger charge is 2.13. The van der Waals surface area contributed by atoms with E-state index in [1.165, 1.54) is 0 Å². The van der Waals surface area contributed by atoms with Crippen LogP contribution in [0.5, 0.6) is 0 Å². The van der Waals surface area contributed by atoms with Crippen molar-refractivity contribution in [3.8, 4) is 0 Å². The molecule has 0 aliphatic carbocycles. The molecule has 1 heterocycles. The molecular formula is C20H20N2O3S. The number of amides is 1. The Morgan fingerprint density at radius 3 is 2.58 bits per heavy atom. The molecular weight excluding hydrogens is 348 g/mol. The van der Waals surface area contributed by atoms with Crippen LogP contribution in [0.4, 0.5) is 0 Å². The molecule has 1 amide bonds. The average Bonchev–Trinajstić information content (AvgIpc) is 3.08. The van der Waals surface area contributed by atoms with E-state index in [2.05, 4.69) is 4.98 Å². The summed E-state index contributed by atoms with van der Waals surface area (Å²) in [5.74, 6) is -0.604. The number of esters is 1. The topological polar surface area (TPSA) is 59.5 Å². The molecule has 2 aromatic carbocycles. The Bertz CT molecular complexity index is 859. The van der Waals surface area contributed by atoms with Gasteiger partial charge in [-0.05, 0) is 17.7 Å². The van der Waals surface area contributed by atoms with Crippen LogP contribution in [-0.4, -0.2) is 35.4 Å². The van der Waals surface area contributed by atoms with E-state index in [4.69, 9.17) is 4.74 Å². The molecule has 3 rings (SSSR count). The predicted octanol–water partition coefficient (Wildman–Crippen LogP) is 3.43. The lowest BCUT2D eigenvalue weighted by Gasteiger charge is -2.17. The van der Waals surface area contributed by atoms with Crippen molar-refractivity contribution in [3.63, 3.8) is 0 Å². The Balaban J connectivity index is 1.42. The lowest BCUT2D eigenvalue weighted by molar-refractivity contribution is -0.151. The van der Waals surface area contributed by atoms with Crippen molar-refractivity contribution < 1.29 is 14.3 Å². The Kier molecular flexibility index (Phi) is 5.96. The molecule has 0 saturated carbocycles. The minimum absolute atomic E-state index is 0.218. The second kappa shape index (κ2) is 8.58. The molecule has 0 bridgehead atoms. The molecule has 1 aromatic heterocycles. The number of likely N-dealkylation sites (N-methyl/N-ethyl adjacent to an activating group) is 1. The molecule has 0 N–H and O–H groups in total. The third kappa shape index (κ3) is 4.89. The summed E-state index contributed by atoms with van der Waals surface area (Å²) in [6, 6.07) is 17.6. The van der Waals surface area contributed by atoms with E-state index in [0.717, 1.165) is 20.8 Å². The minimum Gasteiger partial charge on any atom is -0.456 e. The number of nitrogens with zero attached hydrogens (tertiary/aromatic N) is 2. The highest BCUT2D eigenvalue weighted by molar-refractivity contribution is 7.18. The maximum atomic E-state index is 12.1. The van der Waals surface area contributed by atoms with Gasteiger partial charge in [-0.15, -0.1) is 11.3 Å². The molecule has 6 heteroatoms. The van der Waals surface area contributed by atoms with E-state index in [1.807, 2.05) is 54.6 Å². The zero-order valence-electron chi connectivity index (χ0n) is 14.6. The summed E-state index contributed by atoms with van der Waals surface area (Å²) in [6.45, 7) is 0.255. The van der Waals surface area contributed by atoms with Gasteiger partial charge in [-0.1, -0.05) is 42.5 Å². The number of hydrogen-bond donors (Lipinski definition) is 0. The monoisotopic (exact) mass is 368 g/mol. The van der Waals surface area contributed by atoms with Crippen molar-refractivity contribution in [2.75, 3.05) is 13.7 Å². The third-order valence-electron chi connectivity index (χ3n) is 3.93. The number of aromatic nitrogens is 1. The van der Waals surface area contributed by atoms with Gasteiger partial charge in [0.2, 0.25) is 0 Å². The van der Waals surface area contributed by atoms with Gasteiger partial charge in [-0.2, -0.15) is 0 Å². The zero-order chi connectivity index (χ0) is 18.4. The molecule has 0 aliphatic heterocycles. The number of para-hydroxylation sites is 1. The number of benzene rings is 2. The first-order valence-corrected chi connectivity index (χ1v) is 9.21.